The fourth-order valence-electron chi connectivity index (χ4n) is 6.49. The van der Waals surface area contributed by atoms with Crippen LogP contribution < -0.4 is 0 Å². The summed E-state index contributed by atoms with van der Waals surface area (Å²) in [4.78, 5) is 20.5. The van der Waals surface area contributed by atoms with Gasteiger partial charge in [-0.1, -0.05) is 0 Å². The van der Waals surface area contributed by atoms with Crippen molar-refractivity contribution in [3.8, 4) is 22.7 Å². The number of oxazole rings is 1. The highest BCUT2D eigenvalue weighted by molar-refractivity contribution is 7.93. The van der Waals surface area contributed by atoms with E-state index >= 15 is 0 Å². The Hall–Kier alpha value is -3.22. The first kappa shape index (κ1) is 25.1. The number of nitrogens with zero attached hydrogens (tertiary/aromatic N) is 6. The van der Waals surface area contributed by atoms with E-state index in [9.17, 15) is 3.89 Å². The van der Waals surface area contributed by atoms with Crippen molar-refractivity contribution in [2.45, 2.75) is 37.9 Å². The monoisotopic (exact) mass is 540 g/mol. The zero-order valence-electron chi connectivity index (χ0n) is 21.5. The summed E-state index contributed by atoms with van der Waals surface area (Å²) in [5.41, 5.74) is 4.89. The van der Waals surface area contributed by atoms with Gasteiger partial charge in [-0.2, -0.15) is 5.10 Å². The number of hydrogen-bond donors (Lipinski definition) is 0. The molecule has 2 fully saturated rings. The second-order valence-electron chi connectivity index (χ2n) is 10.5. The molecule has 0 aromatic carbocycles. The summed E-state index contributed by atoms with van der Waals surface area (Å²) >= 11 is 0.141. The summed E-state index contributed by atoms with van der Waals surface area (Å²) < 4.78 is 34.0. The van der Waals surface area contributed by atoms with E-state index in [1.54, 1.807) is 23.3 Å². The lowest BCUT2D eigenvalue weighted by Gasteiger charge is -2.57. The van der Waals surface area contributed by atoms with E-state index in [4.69, 9.17) is 18.9 Å². The molecule has 0 N–H and O–H groups in total. The van der Waals surface area contributed by atoms with Gasteiger partial charge in [-0.05, 0) is 51.2 Å². The molecule has 38 heavy (non-hydrogen) atoms. The Balaban J connectivity index is 0.000000620. The molecule has 12 heteroatoms. The molecule has 1 saturated heterocycles. The minimum Gasteiger partial charge on any atom is -0.471 e. The Kier molecular flexibility index (Phi) is 6.28. The molecule has 0 amide bonds. The van der Waals surface area contributed by atoms with Crippen LogP contribution in [0.15, 0.2) is 35.5 Å². The van der Waals surface area contributed by atoms with Gasteiger partial charge in [-0.25, -0.2) is 13.9 Å². The first-order chi connectivity index (χ1) is 18.4. The summed E-state index contributed by atoms with van der Waals surface area (Å²) in [6.07, 6.45) is 13.0. The lowest BCUT2D eigenvalue weighted by atomic mass is 9.53. The standard InChI is InChI=1S/C24H25FN6O2S.C2H4O2/c1-29-6-3-23(4-7-29)13-24(14-23)19-16(12-33-24)9-27-21-17(19)18(22-26-5-8-32-22)20(31(21)34-25)15-10-28-30(2)11-15;1-4-2-3/h5,8-11H,3-4,6-7,12-14H2,1-2H3;2H,1H3. The third-order valence-electron chi connectivity index (χ3n) is 8.14. The van der Waals surface area contributed by atoms with Gasteiger partial charge in [0.15, 0.2) is 18.0 Å². The van der Waals surface area contributed by atoms with E-state index in [1.165, 1.54) is 23.9 Å². The molecule has 0 atom stereocenters. The van der Waals surface area contributed by atoms with Crippen LogP contribution in [0.3, 0.4) is 0 Å². The van der Waals surface area contributed by atoms with Crippen LogP contribution in [0.4, 0.5) is 3.89 Å². The van der Waals surface area contributed by atoms with E-state index in [2.05, 4.69) is 26.8 Å². The number of likely N-dealkylation sites (tertiary alicyclic amines) is 1. The predicted octanol–water partition coefficient (Wildman–Crippen LogP) is 4.49. The molecule has 0 bridgehead atoms. The molecule has 1 aliphatic carbocycles. The van der Waals surface area contributed by atoms with Crippen molar-refractivity contribution in [3.05, 3.63) is 42.2 Å². The highest BCUT2D eigenvalue weighted by atomic mass is 32.2. The van der Waals surface area contributed by atoms with Gasteiger partial charge >= 0.3 is 0 Å². The molecule has 3 aliphatic rings. The molecule has 6 heterocycles. The maximum atomic E-state index is 14.6. The minimum absolute atomic E-state index is 0.141. The number of rotatable bonds is 4. The molecule has 10 nitrogen and oxygen atoms in total. The van der Waals surface area contributed by atoms with E-state index < -0.39 is 0 Å². The quantitative estimate of drug-likeness (QED) is 0.347. The number of aromatic nitrogens is 5. The van der Waals surface area contributed by atoms with Crippen LogP contribution in [-0.4, -0.2) is 62.3 Å². The average molecular weight is 541 g/mol. The van der Waals surface area contributed by atoms with Crippen LogP contribution >= 0.6 is 12.3 Å². The predicted molar refractivity (Wildman–Crippen MR) is 139 cm³/mol. The van der Waals surface area contributed by atoms with Gasteiger partial charge < -0.3 is 18.8 Å². The van der Waals surface area contributed by atoms with E-state index in [0.29, 0.717) is 35.7 Å². The first-order valence-corrected chi connectivity index (χ1v) is 13.2. The Labute approximate surface area is 223 Å². The summed E-state index contributed by atoms with van der Waals surface area (Å²) in [5, 5.41) is 5.20. The van der Waals surface area contributed by atoms with E-state index in [-0.39, 0.29) is 17.9 Å². The maximum Gasteiger partial charge on any atom is 0.292 e. The fourth-order valence-corrected chi connectivity index (χ4v) is 6.96. The van der Waals surface area contributed by atoms with Gasteiger partial charge in [0.2, 0.25) is 5.89 Å². The van der Waals surface area contributed by atoms with Crippen molar-refractivity contribution in [2.24, 2.45) is 12.5 Å². The van der Waals surface area contributed by atoms with Crippen LogP contribution in [0.25, 0.3) is 33.7 Å². The van der Waals surface area contributed by atoms with Crippen molar-refractivity contribution in [1.82, 2.24) is 28.6 Å². The molecule has 7 rings (SSSR count). The SMILES string of the molecule is CN1CCC2(CC1)CC1(C2)OCc2cnc3c(c(-c4ncco4)c(-c4cnn(C)c4)n3SF)c21.COC=O. The topological polar surface area (TPSA) is 100 Å². The van der Waals surface area contributed by atoms with Crippen LogP contribution in [0.1, 0.15) is 36.8 Å². The third-order valence-corrected chi connectivity index (χ3v) is 8.63. The van der Waals surface area contributed by atoms with Crippen molar-refractivity contribution < 1.29 is 22.6 Å². The Morgan fingerprint density at radius 3 is 2.55 bits per heavy atom. The van der Waals surface area contributed by atoms with Crippen molar-refractivity contribution in [1.29, 1.82) is 0 Å². The third kappa shape index (κ3) is 3.85. The van der Waals surface area contributed by atoms with Crippen molar-refractivity contribution >= 4 is 29.8 Å². The van der Waals surface area contributed by atoms with Gasteiger partial charge in [-0.15, -0.1) is 3.89 Å². The Morgan fingerprint density at radius 1 is 1.18 bits per heavy atom. The molecule has 4 aromatic heterocycles. The molecule has 2 spiro atoms. The molecule has 200 valence electrons. The molecular weight excluding hydrogens is 511 g/mol. The molecular formula is C26H29FN6O4S. The average Bonchev–Trinajstić information content (AvgIpc) is 3.70. The smallest absolute Gasteiger partial charge is 0.292 e. The highest BCUT2D eigenvalue weighted by Gasteiger charge is 2.60. The lowest BCUT2D eigenvalue weighted by molar-refractivity contribution is -0.181. The van der Waals surface area contributed by atoms with Gasteiger partial charge in [0.1, 0.15) is 6.26 Å². The second-order valence-corrected chi connectivity index (χ2v) is 11.0. The number of pyridine rings is 1. The van der Waals surface area contributed by atoms with Crippen LogP contribution in [-0.2, 0) is 33.5 Å². The summed E-state index contributed by atoms with van der Waals surface area (Å²) in [7, 11) is 5.35. The van der Waals surface area contributed by atoms with E-state index in [0.717, 1.165) is 53.6 Å². The van der Waals surface area contributed by atoms with Crippen molar-refractivity contribution in [2.75, 3.05) is 27.2 Å². The molecule has 0 unspecified atom stereocenters. The maximum absolute atomic E-state index is 14.6. The summed E-state index contributed by atoms with van der Waals surface area (Å²) in [5.74, 6) is 0.447. The number of fused-ring (bicyclic) bond motifs is 4. The molecule has 2 aliphatic heterocycles. The van der Waals surface area contributed by atoms with Gasteiger partial charge in [0.25, 0.3) is 6.47 Å². The first-order valence-electron chi connectivity index (χ1n) is 12.5. The Morgan fingerprint density at radius 2 is 1.95 bits per heavy atom. The normalized spacial score (nSPS) is 19.3. The number of piperidine rings is 1. The fraction of sp³-hybridized carbons (Fsp3) is 0.462. The molecule has 1 saturated carbocycles. The number of carbonyl (C=O) groups is 1. The largest absolute Gasteiger partial charge is 0.471 e. The van der Waals surface area contributed by atoms with Gasteiger partial charge in [0, 0.05) is 41.5 Å². The molecule has 0 radical (unpaired) electrons. The molecule has 4 aromatic rings. The Bertz CT molecular complexity index is 1470. The number of aryl methyl sites for hydroxylation is 1. The lowest BCUT2D eigenvalue weighted by Crippen LogP contribution is -2.54. The van der Waals surface area contributed by atoms with Crippen LogP contribution in [0.2, 0.25) is 0 Å². The number of ether oxygens (including phenoxy) is 2. The zero-order chi connectivity index (χ0) is 26.5. The van der Waals surface area contributed by atoms with Crippen LogP contribution in [0, 0.1) is 5.41 Å². The minimum atomic E-state index is -0.368. The van der Waals surface area contributed by atoms with Crippen LogP contribution in [0.5, 0.6) is 0 Å². The van der Waals surface area contributed by atoms with E-state index in [1.807, 2.05) is 19.4 Å². The summed E-state index contributed by atoms with van der Waals surface area (Å²) in [6, 6.07) is 0. The number of halogens is 1. The number of carbonyl (C=O) groups excluding carboxylic acids is 1. The van der Waals surface area contributed by atoms with Gasteiger partial charge in [0.05, 0.1) is 43.0 Å². The number of methoxy groups -OCH3 is 1. The zero-order valence-corrected chi connectivity index (χ0v) is 22.3. The number of hydrogen-bond acceptors (Lipinski definition) is 9. The van der Waals surface area contributed by atoms with Crippen molar-refractivity contribution in [3.63, 3.8) is 0 Å². The summed E-state index contributed by atoms with van der Waals surface area (Å²) in [6.45, 7) is 3.14. The second kappa shape index (κ2) is 9.51. The highest BCUT2D eigenvalue weighted by Crippen LogP contribution is 2.65. The van der Waals surface area contributed by atoms with Gasteiger partial charge in [-0.3, -0.25) is 9.48 Å².